The number of hydrogen-bond acceptors (Lipinski definition) is 3. The summed E-state index contributed by atoms with van der Waals surface area (Å²) in [6.07, 6.45) is 0. The molecule has 24 heavy (non-hydrogen) atoms. The van der Waals surface area contributed by atoms with Crippen LogP contribution in [0.4, 0.5) is 13.2 Å². The molecule has 3 aromatic rings. The number of hydrogen-bond donors (Lipinski definition) is 0. The standard InChI is InChI=1S/C17H10ClF3O2S/c1-7(22)17-13(9-4-3-8(19)5-12(9)24-17)14-10(18)6-11(20)16(23-2)15(14)21/h3-6H,1-2H3. The normalized spacial score (nSPS) is 11.1. The molecular weight excluding hydrogens is 361 g/mol. The van der Waals surface area contributed by atoms with Crippen LogP contribution < -0.4 is 4.74 Å². The van der Waals surface area contributed by atoms with Crippen LogP contribution in [-0.2, 0) is 0 Å². The van der Waals surface area contributed by atoms with E-state index >= 15 is 0 Å². The van der Waals surface area contributed by atoms with E-state index in [1.54, 1.807) is 0 Å². The second-order valence-corrected chi connectivity index (χ2v) is 6.52. The van der Waals surface area contributed by atoms with Gasteiger partial charge in [0.25, 0.3) is 0 Å². The van der Waals surface area contributed by atoms with Crippen molar-refractivity contribution in [3.63, 3.8) is 0 Å². The summed E-state index contributed by atoms with van der Waals surface area (Å²) in [4.78, 5) is 12.2. The molecule has 2 aromatic carbocycles. The topological polar surface area (TPSA) is 26.3 Å². The molecule has 1 heterocycles. The Morgan fingerprint density at radius 3 is 2.50 bits per heavy atom. The van der Waals surface area contributed by atoms with Gasteiger partial charge in [-0.3, -0.25) is 4.79 Å². The van der Waals surface area contributed by atoms with Crippen molar-refractivity contribution in [1.29, 1.82) is 0 Å². The first-order valence-corrected chi connectivity index (χ1v) is 7.99. The van der Waals surface area contributed by atoms with Crippen molar-refractivity contribution in [1.82, 2.24) is 0 Å². The van der Waals surface area contributed by atoms with Crippen LogP contribution in [-0.4, -0.2) is 12.9 Å². The van der Waals surface area contributed by atoms with Gasteiger partial charge in [0.1, 0.15) is 5.82 Å². The van der Waals surface area contributed by atoms with Gasteiger partial charge in [0.2, 0.25) is 0 Å². The highest BCUT2D eigenvalue weighted by Gasteiger charge is 2.26. The minimum absolute atomic E-state index is 0.141. The molecular formula is C17H10ClF3O2S. The Bertz CT molecular complexity index is 982. The zero-order valence-corrected chi connectivity index (χ0v) is 14.1. The molecule has 0 aliphatic rings. The van der Waals surface area contributed by atoms with Crippen molar-refractivity contribution >= 4 is 38.8 Å². The Labute approximate surface area is 144 Å². The number of Topliss-reactive ketones (excluding diaryl/α,β-unsaturated/α-hetero) is 1. The van der Waals surface area contributed by atoms with Crippen LogP contribution in [0.3, 0.4) is 0 Å². The van der Waals surface area contributed by atoms with E-state index < -0.39 is 23.2 Å². The molecule has 0 atom stereocenters. The van der Waals surface area contributed by atoms with Crippen molar-refractivity contribution in [2.75, 3.05) is 7.11 Å². The molecule has 0 unspecified atom stereocenters. The number of thiophene rings is 1. The maximum absolute atomic E-state index is 14.8. The first-order valence-electron chi connectivity index (χ1n) is 6.80. The van der Waals surface area contributed by atoms with E-state index in [2.05, 4.69) is 0 Å². The fraction of sp³-hybridized carbons (Fsp3) is 0.118. The van der Waals surface area contributed by atoms with Crippen molar-refractivity contribution < 1.29 is 22.7 Å². The quantitative estimate of drug-likeness (QED) is 0.540. The Hall–Kier alpha value is -2.05. The number of methoxy groups -OCH3 is 1. The lowest BCUT2D eigenvalue weighted by atomic mass is 9.99. The van der Waals surface area contributed by atoms with Crippen LogP contribution in [0.25, 0.3) is 21.2 Å². The zero-order chi connectivity index (χ0) is 17.6. The number of carbonyl (C=O) groups is 1. The minimum Gasteiger partial charge on any atom is -0.491 e. The Morgan fingerprint density at radius 1 is 1.17 bits per heavy atom. The fourth-order valence-electron chi connectivity index (χ4n) is 2.56. The Kier molecular flexibility index (Phi) is 4.27. The summed E-state index contributed by atoms with van der Waals surface area (Å²) in [5.74, 6) is -3.35. The minimum atomic E-state index is -1.01. The summed E-state index contributed by atoms with van der Waals surface area (Å²) in [5, 5.41) is 0.262. The van der Waals surface area contributed by atoms with Crippen molar-refractivity contribution in [2.45, 2.75) is 6.92 Å². The van der Waals surface area contributed by atoms with Gasteiger partial charge in [-0.1, -0.05) is 11.6 Å². The second-order valence-electron chi connectivity index (χ2n) is 5.07. The van der Waals surface area contributed by atoms with Gasteiger partial charge in [-0.15, -0.1) is 11.3 Å². The lowest BCUT2D eigenvalue weighted by Gasteiger charge is -2.12. The third kappa shape index (κ3) is 2.56. The monoisotopic (exact) mass is 370 g/mol. The van der Waals surface area contributed by atoms with E-state index in [1.807, 2.05) is 0 Å². The number of benzene rings is 2. The van der Waals surface area contributed by atoms with E-state index in [0.29, 0.717) is 10.1 Å². The first-order chi connectivity index (χ1) is 11.3. The number of ketones is 1. The first kappa shape index (κ1) is 16.8. The molecule has 0 saturated carbocycles. The van der Waals surface area contributed by atoms with Gasteiger partial charge in [-0.2, -0.15) is 0 Å². The van der Waals surface area contributed by atoms with Crippen LogP contribution in [0.5, 0.6) is 5.75 Å². The lowest BCUT2D eigenvalue weighted by Crippen LogP contribution is -1.99. The molecule has 0 fully saturated rings. The molecule has 3 rings (SSSR count). The molecule has 124 valence electrons. The lowest BCUT2D eigenvalue weighted by molar-refractivity contribution is 0.102. The Morgan fingerprint density at radius 2 is 1.88 bits per heavy atom. The molecule has 0 aliphatic heterocycles. The third-order valence-electron chi connectivity index (χ3n) is 3.55. The van der Waals surface area contributed by atoms with E-state index in [4.69, 9.17) is 16.3 Å². The van der Waals surface area contributed by atoms with Crippen molar-refractivity contribution in [3.8, 4) is 16.9 Å². The molecule has 0 spiro atoms. The average Bonchev–Trinajstić information content (AvgIpc) is 2.86. The van der Waals surface area contributed by atoms with Gasteiger partial charge >= 0.3 is 0 Å². The summed E-state index contributed by atoms with van der Waals surface area (Å²) < 4.78 is 47.3. The molecule has 1 aromatic heterocycles. The zero-order valence-electron chi connectivity index (χ0n) is 12.5. The molecule has 0 radical (unpaired) electrons. The van der Waals surface area contributed by atoms with Gasteiger partial charge in [-0.25, -0.2) is 13.2 Å². The van der Waals surface area contributed by atoms with E-state index in [9.17, 15) is 18.0 Å². The van der Waals surface area contributed by atoms with Gasteiger partial charge < -0.3 is 4.74 Å². The largest absolute Gasteiger partial charge is 0.491 e. The van der Waals surface area contributed by atoms with E-state index in [0.717, 1.165) is 24.5 Å². The van der Waals surface area contributed by atoms with Crippen LogP contribution in [0.15, 0.2) is 24.3 Å². The van der Waals surface area contributed by atoms with Gasteiger partial charge in [0, 0.05) is 21.2 Å². The number of carbonyl (C=O) groups excluding carboxylic acids is 1. The predicted octanol–water partition coefficient (Wildman–Crippen LogP) is 5.85. The molecule has 0 N–H and O–H groups in total. The van der Waals surface area contributed by atoms with E-state index in [-0.39, 0.29) is 26.8 Å². The fourth-order valence-corrected chi connectivity index (χ4v) is 3.96. The van der Waals surface area contributed by atoms with Gasteiger partial charge in [-0.05, 0) is 31.2 Å². The van der Waals surface area contributed by atoms with Crippen LogP contribution in [0.2, 0.25) is 5.02 Å². The van der Waals surface area contributed by atoms with E-state index in [1.165, 1.54) is 25.1 Å². The molecule has 7 heteroatoms. The second kappa shape index (κ2) is 6.11. The third-order valence-corrected chi connectivity index (χ3v) is 5.11. The number of rotatable bonds is 3. The summed E-state index contributed by atoms with van der Waals surface area (Å²) in [6.45, 7) is 1.32. The average molecular weight is 371 g/mol. The van der Waals surface area contributed by atoms with Crippen molar-refractivity contribution in [2.24, 2.45) is 0 Å². The van der Waals surface area contributed by atoms with Gasteiger partial charge in [0.15, 0.2) is 23.2 Å². The molecule has 0 bridgehead atoms. The van der Waals surface area contributed by atoms with Crippen LogP contribution in [0, 0.1) is 17.5 Å². The summed E-state index contributed by atoms with van der Waals surface area (Å²) in [6, 6.07) is 4.82. The van der Waals surface area contributed by atoms with Crippen LogP contribution in [0.1, 0.15) is 16.6 Å². The predicted molar refractivity (Wildman–Crippen MR) is 88.7 cm³/mol. The highest BCUT2D eigenvalue weighted by Crippen LogP contribution is 2.45. The number of fused-ring (bicyclic) bond motifs is 1. The smallest absolute Gasteiger partial charge is 0.191 e. The van der Waals surface area contributed by atoms with Crippen molar-refractivity contribution in [3.05, 3.63) is 51.6 Å². The van der Waals surface area contributed by atoms with Gasteiger partial charge in [0.05, 0.1) is 17.0 Å². The Balaban J connectivity index is 2.46. The molecule has 0 saturated heterocycles. The summed E-state index contributed by atoms with van der Waals surface area (Å²) in [7, 11) is 1.13. The highest BCUT2D eigenvalue weighted by molar-refractivity contribution is 7.21. The number of halogens is 4. The molecule has 0 amide bonds. The maximum atomic E-state index is 14.8. The highest BCUT2D eigenvalue weighted by atomic mass is 35.5. The maximum Gasteiger partial charge on any atom is 0.191 e. The SMILES string of the molecule is COc1c(F)cc(Cl)c(-c2c(C(C)=O)sc3cc(F)ccc23)c1F. The molecule has 2 nitrogen and oxygen atoms in total. The summed E-state index contributed by atoms with van der Waals surface area (Å²) in [5.41, 5.74) is 0.0706. The molecule has 0 aliphatic carbocycles. The van der Waals surface area contributed by atoms with Crippen LogP contribution >= 0.6 is 22.9 Å². The summed E-state index contributed by atoms with van der Waals surface area (Å²) >= 11 is 7.07. The number of ether oxygens (including phenoxy) is 1.